The lowest BCUT2D eigenvalue weighted by atomic mass is 10.3. The van der Waals surface area contributed by atoms with Crippen LogP contribution in [0.1, 0.15) is 11.5 Å². The number of furan rings is 1. The highest BCUT2D eigenvalue weighted by molar-refractivity contribution is 7.92. The minimum atomic E-state index is -3.82. The number of halogens is 1. The Balaban J connectivity index is 2.39. The van der Waals surface area contributed by atoms with Gasteiger partial charge in [0, 0.05) is 12.1 Å². The first-order valence-electron chi connectivity index (χ1n) is 6.03. The quantitative estimate of drug-likeness (QED) is 0.878. The van der Waals surface area contributed by atoms with Gasteiger partial charge in [0.15, 0.2) is 0 Å². The van der Waals surface area contributed by atoms with Gasteiger partial charge in [-0.1, -0.05) is 11.6 Å². The average Bonchev–Trinajstić information content (AvgIpc) is 2.83. The molecule has 0 aliphatic heterocycles. The largest absolute Gasteiger partial charge is 0.497 e. The van der Waals surface area contributed by atoms with E-state index in [-0.39, 0.29) is 27.9 Å². The molecule has 0 unspecified atom stereocenters. The number of aryl methyl sites for hydroxylation is 1. The van der Waals surface area contributed by atoms with E-state index >= 15 is 0 Å². The lowest BCUT2D eigenvalue weighted by Gasteiger charge is -2.10. The maximum atomic E-state index is 12.4. The first kappa shape index (κ1) is 15.7. The van der Waals surface area contributed by atoms with Crippen molar-refractivity contribution in [1.29, 1.82) is 0 Å². The Morgan fingerprint density at radius 1 is 1.38 bits per heavy atom. The number of ether oxygens (including phenoxy) is 1. The number of anilines is 1. The Kier molecular flexibility index (Phi) is 4.46. The Morgan fingerprint density at radius 2 is 2.10 bits per heavy atom. The summed E-state index contributed by atoms with van der Waals surface area (Å²) in [6.45, 7) is 1.68. The highest BCUT2D eigenvalue weighted by Crippen LogP contribution is 2.30. The fraction of sp³-hybridized carbons (Fsp3) is 0.231. The summed E-state index contributed by atoms with van der Waals surface area (Å²) in [5.74, 6) is 1.15. The first-order chi connectivity index (χ1) is 9.87. The van der Waals surface area contributed by atoms with E-state index in [1.165, 1.54) is 19.2 Å². The minimum Gasteiger partial charge on any atom is -0.497 e. The number of methoxy groups -OCH3 is 1. The Hall–Kier alpha value is -1.70. The molecule has 0 aliphatic carbocycles. The molecule has 3 N–H and O–H groups in total. The molecular formula is C13H15ClN2O4S. The normalized spacial score (nSPS) is 11.4. The molecule has 0 fully saturated rings. The predicted octanol–water partition coefficient (Wildman–Crippen LogP) is 2.51. The molecule has 1 aromatic heterocycles. The van der Waals surface area contributed by atoms with E-state index in [0.717, 1.165) is 0 Å². The molecule has 0 bridgehead atoms. The highest BCUT2D eigenvalue weighted by atomic mass is 35.5. The zero-order chi connectivity index (χ0) is 15.6. The van der Waals surface area contributed by atoms with E-state index in [9.17, 15) is 8.42 Å². The molecule has 1 heterocycles. The average molecular weight is 331 g/mol. The van der Waals surface area contributed by atoms with Crippen LogP contribution in [0.5, 0.6) is 5.75 Å². The molecule has 6 nitrogen and oxygen atoms in total. The number of hydrogen-bond donors (Lipinski definition) is 2. The fourth-order valence-corrected chi connectivity index (χ4v) is 3.30. The van der Waals surface area contributed by atoms with Crippen LogP contribution in [0.2, 0.25) is 5.02 Å². The Labute approximate surface area is 127 Å². The van der Waals surface area contributed by atoms with Crippen molar-refractivity contribution in [2.45, 2.75) is 18.4 Å². The second-order valence-corrected chi connectivity index (χ2v) is 6.35. The second kappa shape index (κ2) is 5.97. The summed E-state index contributed by atoms with van der Waals surface area (Å²) in [4.78, 5) is 0.0295. The highest BCUT2D eigenvalue weighted by Gasteiger charge is 2.22. The maximum Gasteiger partial charge on any atom is 0.265 e. The van der Waals surface area contributed by atoms with Crippen molar-refractivity contribution in [3.63, 3.8) is 0 Å². The number of nitrogens with one attached hydrogen (secondary N) is 1. The summed E-state index contributed by atoms with van der Waals surface area (Å²) in [6.07, 6.45) is 0. The zero-order valence-electron chi connectivity index (χ0n) is 11.5. The van der Waals surface area contributed by atoms with E-state index < -0.39 is 10.0 Å². The van der Waals surface area contributed by atoms with Crippen molar-refractivity contribution in [1.82, 2.24) is 0 Å². The monoisotopic (exact) mass is 330 g/mol. The molecule has 0 saturated carbocycles. The van der Waals surface area contributed by atoms with Crippen LogP contribution in [-0.2, 0) is 16.6 Å². The molecule has 8 heteroatoms. The van der Waals surface area contributed by atoms with Crippen molar-refractivity contribution >= 4 is 27.3 Å². The summed E-state index contributed by atoms with van der Waals surface area (Å²) in [6, 6.07) is 6.08. The summed E-state index contributed by atoms with van der Waals surface area (Å²) < 4.78 is 37.5. The number of nitrogens with two attached hydrogens (primary N) is 1. The van der Waals surface area contributed by atoms with Gasteiger partial charge in [0.2, 0.25) is 0 Å². The van der Waals surface area contributed by atoms with E-state index in [1.54, 1.807) is 19.1 Å². The summed E-state index contributed by atoms with van der Waals surface area (Å²) in [5, 5.41) is 0.263. The van der Waals surface area contributed by atoms with Gasteiger partial charge in [-0.05, 0) is 19.1 Å². The van der Waals surface area contributed by atoms with Crippen LogP contribution in [0, 0.1) is 6.92 Å². The van der Waals surface area contributed by atoms with Crippen LogP contribution < -0.4 is 15.2 Å². The molecule has 0 spiro atoms. The van der Waals surface area contributed by atoms with E-state index in [2.05, 4.69) is 4.72 Å². The topological polar surface area (TPSA) is 94.6 Å². The maximum absolute atomic E-state index is 12.4. The Bertz CT molecular complexity index is 756. The number of rotatable bonds is 5. The van der Waals surface area contributed by atoms with Gasteiger partial charge in [-0.2, -0.15) is 0 Å². The van der Waals surface area contributed by atoms with E-state index in [4.69, 9.17) is 26.5 Å². The van der Waals surface area contributed by atoms with Crippen LogP contribution in [-0.4, -0.2) is 15.5 Å². The zero-order valence-corrected chi connectivity index (χ0v) is 13.1. The molecule has 21 heavy (non-hydrogen) atoms. The van der Waals surface area contributed by atoms with Crippen LogP contribution in [0.25, 0.3) is 0 Å². The van der Waals surface area contributed by atoms with Gasteiger partial charge < -0.3 is 14.9 Å². The summed E-state index contributed by atoms with van der Waals surface area (Å²) in [5.41, 5.74) is 5.67. The predicted molar refractivity (Wildman–Crippen MR) is 80.1 cm³/mol. The molecule has 2 aromatic rings. The lowest BCUT2D eigenvalue weighted by molar-refractivity contribution is 0.415. The Morgan fingerprint density at radius 3 is 2.67 bits per heavy atom. The van der Waals surface area contributed by atoms with Crippen LogP contribution in [0.3, 0.4) is 0 Å². The van der Waals surface area contributed by atoms with E-state index in [0.29, 0.717) is 11.5 Å². The molecule has 0 saturated heterocycles. The van der Waals surface area contributed by atoms with Crippen molar-refractivity contribution in [3.05, 3.63) is 40.8 Å². The number of hydrogen-bond acceptors (Lipinski definition) is 5. The van der Waals surface area contributed by atoms with Crippen LogP contribution in [0.4, 0.5) is 5.69 Å². The SMILES string of the molecule is COc1ccc(Cl)c(NS(=O)(=O)c2cc(CN)oc2C)c1. The first-order valence-corrected chi connectivity index (χ1v) is 7.89. The van der Waals surface area contributed by atoms with Crippen molar-refractivity contribution in [2.24, 2.45) is 5.73 Å². The molecule has 1 aromatic carbocycles. The summed E-state index contributed by atoms with van der Waals surface area (Å²) >= 11 is 5.99. The van der Waals surface area contributed by atoms with E-state index in [1.807, 2.05) is 0 Å². The van der Waals surface area contributed by atoms with Gasteiger partial charge in [0.1, 0.15) is 22.2 Å². The van der Waals surface area contributed by atoms with Crippen LogP contribution >= 0.6 is 11.6 Å². The third kappa shape index (κ3) is 3.31. The molecule has 114 valence electrons. The molecule has 0 radical (unpaired) electrons. The van der Waals surface area contributed by atoms with Crippen LogP contribution in [0.15, 0.2) is 33.6 Å². The number of sulfonamides is 1. The number of benzene rings is 1. The fourth-order valence-electron chi connectivity index (χ4n) is 1.80. The smallest absolute Gasteiger partial charge is 0.265 e. The summed E-state index contributed by atoms with van der Waals surface area (Å²) in [7, 11) is -2.34. The second-order valence-electron chi connectivity index (χ2n) is 4.29. The molecule has 0 atom stereocenters. The third-order valence-corrected chi connectivity index (χ3v) is 4.63. The van der Waals surface area contributed by atoms with Gasteiger partial charge in [0.25, 0.3) is 10.0 Å². The molecule has 0 aliphatic rings. The lowest BCUT2D eigenvalue weighted by Crippen LogP contribution is -2.13. The van der Waals surface area contributed by atoms with Gasteiger partial charge in [-0.3, -0.25) is 4.72 Å². The van der Waals surface area contributed by atoms with Crippen molar-refractivity contribution < 1.29 is 17.6 Å². The minimum absolute atomic E-state index is 0.0295. The van der Waals surface area contributed by atoms with Crippen molar-refractivity contribution in [3.8, 4) is 5.75 Å². The van der Waals surface area contributed by atoms with Crippen molar-refractivity contribution in [2.75, 3.05) is 11.8 Å². The molecule has 2 rings (SSSR count). The van der Waals surface area contributed by atoms with Gasteiger partial charge >= 0.3 is 0 Å². The van der Waals surface area contributed by atoms with Gasteiger partial charge in [-0.15, -0.1) is 0 Å². The molecular weight excluding hydrogens is 316 g/mol. The van der Waals surface area contributed by atoms with Gasteiger partial charge in [-0.25, -0.2) is 8.42 Å². The molecule has 0 amide bonds. The third-order valence-electron chi connectivity index (χ3n) is 2.83. The van der Waals surface area contributed by atoms with Gasteiger partial charge in [0.05, 0.1) is 24.4 Å². The standard InChI is InChI=1S/C13H15ClN2O4S/c1-8-13(6-10(7-15)20-8)21(17,18)16-12-5-9(19-2)3-4-11(12)14/h3-6,16H,7,15H2,1-2H3.